The van der Waals surface area contributed by atoms with E-state index in [2.05, 4.69) is 18.8 Å². The lowest BCUT2D eigenvalue weighted by molar-refractivity contribution is -0.122. The van der Waals surface area contributed by atoms with Gasteiger partial charge in [0.2, 0.25) is 5.91 Å². The van der Waals surface area contributed by atoms with Gasteiger partial charge in [-0.05, 0) is 12.8 Å². The molecule has 3 heteroatoms. The Morgan fingerprint density at radius 2 is 2.36 bits per heavy atom. The number of aliphatic hydroxyl groups is 1. The van der Waals surface area contributed by atoms with Gasteiger partial charge in [-0.15, -0.1) is 6.58 Å². The fourth-order valence-electron chi connectivity index (χ4n) is 1.19. The SMILES string of the molecule is C=CCCC(=O)NC(CO)CCCC. The minimum absolute atomic E-state index is 0.0000491. The molecule has 0 aromatic heterocycles. The molecule has 0 aliphatic rings. The monoisotopic (exact) mass is 199 g/mol. The normalized spacial score (nSPS) is 12.1. The number of amides is 1. The van der Waals surface area contributed by atoms with Crippen molar-refractivity contribution in [2.75, 3.05) is 6.61 Å². The predicted octanol–water partition coefficient (Wildman–Crippen LogP) is 1.62. The summed E-state index contributed by atoms with van der Waals surface area (Å²) in [6.07, 6.45) is 5.85. The Kier molecular flexibility index (Phi) is 8.24. The molecule has 0 radical (unpaired) electrons. The molecule has 14 heavy (non-hydrogen) atoms. The van der Waals surface area contributed by atoms with Gasteiger partial charge in [-0.2, -0.15) is 0 Å². The standard InChI is InChI=1S/C11H21NO2/c1-3-5-7-10(9-13)12-11(14)8-6-4-2/h4,10,13H,2-3,5-9H2,1H3,(H,12,14). The summed E-state index contributed by atoms with van der Waals surface area (Å²) >= 11 is 0. The Morgan fingerprint density at radius 3 is 2.86 bits per heavy atom. The van der Waals surface area contributed by atoms with Crippen LogP contribution in [-0.2, 0) is 4.79 Å². The molecule has 0 saturated heterocycles. The van der Waals surface area contributed by atoms with Crippen LogP contribution in [0.4, 0.5) is 0 Å². The van der Waals surface area contributed by atoms with Gasteiger partial charge < -0.3 is 10.4 Å². The maximum absolute atomic E-state index is 11.3. The third-order valence-corrected chi connectivity index (χ3v) is 2.07. The van der Waals surface area contributed by atoms with Gasteiger partial charge in [0.05, 0.1) is 12.6 Å². The minimum atomic E-state index is -0.0766. The molecule has 0 heterocycles. The highest BCUT2D eigenvalue weighted by Crippen LogP contribution is 2.00. The largest absolute Gasteiger partial charge is 0.394 e. The van der Waals surface area contributed by atoms with E-state index in [1.54, 1.807) is 6.08 Å². The molecule has 0 aliphatic carbocycles. The molecule has 0 aromatic rings. The summed E-state index contributed by atoms with van der Waals surface area (Å²) in [6, 6.07) is -0.0766. The van der Waals surface area contributed by atoms with Gasteiger partial charge in [0.15, 0.2) is 0 Å². The van der Waals surface area contributed by atoms with Crippen LogP contribution in [0.15, 0.2) is 12.7 Å². The summed E-state index contributed by atoms with van der Waals surface area (Å²) in [5.41, 5.74) is 0. The molecule has 3 nitrogen and oxygen atoms in total. The number of carbonyl (C=O) groups excluding carboxylic acids is 1. The molecule has 0 fully saturated rings. The molecule has 0 rings (SSSR count). The lowest BCUT2D eigenvalue weighted by Crippen LogP contribution is -2.37. The van der Waals surface area contributed by atoms with Crippen molar-refractivity contribution in [1.82, 2.24) is 5.32 Å². The van der Waals surface area contributed by atoms with Crippen molar-refractivity contribution in [3.05, 3.63) is 12.7 Å². The first-order valence-corrected chi connectivity index (χ1v) is 5.25. The summed E-state index contributed by atoms with van der Waals surface area (Å²) in [5, 5.41) is 11.8. The molecule has 1 amide bonds. The van der Waals surface area contributed by atoms with E-state index in [1.165, 1.54) is 0 Å². The number of aliphatic hydroxyl groups excluding tert-OH is 1. The van der Waals surface area contributed by atoms with E-state index in [0.717, 1.165) is 19.3 Å². The number of rotatable bonds is 8. The lowest BCUT2D eigenvalue weighted by Gasteiger charge is -2.15. The Balaban J connectivity index is 3.67. The third kappa shape index (κ3) is 6.66. The van der Waals surface area contributed by atoms with E-state index in [-0.39, 0.29) is 18.6 Å². The third-order valence-electron chi connectivity index (χ3n) is 2.07. The zero-order valence-corrected chi connectivity index (χ0v) is 8.96. The van der Waals surface area contributed by atoms with Crippen LogP contribution in [0.2, 0.25) is 0 Å². The van der Waals surface area contributed by atoms with E-state index < -0.39 is 0 Å². The van der Waals surface area contributed by atoms with Crippen molar-refractivity contribution < 1.29 is 9.90 Å². The number of carbonyl (C=O) groups is 1. The van der Waals surface area contributed by atoms with Gasteiger partial charge in [0, 0.05) is 6.42 Å². The topological polar surface area (TPSA) is 49.3 Å². The summed E-state index contributed by atoms with van der Waals surface area (Å²) < 4.78 is 0. The fourth-order valence-corrected chi connectivity index (χ4v) is 1.19. The Labute approximate surface area is 86.2 Å². The van der Waals surface area contributed by atoms with Crippen molar-refractivity contribution >= 4 is 5.91 Å². The molecule has 1 atom stereocenters. The number of hydrogen-bond acceptors (Lipinski definition) is 2. The van der Waals surface area contributed by atoms with Crippen LogP contribution in [0.5, 0.6) is 0 Å². The van der Waals surface area contributed by atoms with Crippen LogP contribution in [0.3, 0.4) is 0 Å². The van der Waals surface area contributed by atoms with Crippen LogP contribution in [0.1, 0.15) is 39.0 Å². The summed E-state index contributed by atoms with van der Waals surface area (Å²) in [5.74, 6) is 0.0000491. The van der Waals surface area contributed by atoms with Gasteiger partial charge in [0.1, 0.15) is 0 Å². The molecule has 0 aliphatic heterocycles. The first-order valence-electron chi connectivity index (χ1n) is 5.25. The minimum Gasteiger partial charge on any atom is -0.394 e. The molecule has 0 saturated carbocycles. The van der Waals surface area contributed by atoms with E-state index in [1.807, 2.05) is 0 Å². The molecule has 1 unspecified atom stereocenters. The number of unbranched alkanes of at least 4 members (excludes halogenated alkanes) is 1. The molecule has 2 N–H and O–H groups in total. The van der Waals surface area contributed by atoms with Crippen molar-refractivity contribution in [2.24, 2.45) is 0 Å². The van der Waals surface area contributed by atoms with Gasteiger partial charge >= 0.3 is 0 Å². The summed E-state index contributed by atoms with van der Waals surface area (Å²) in [4.78, 5) is 11.3. The summed E-state index contributed by atoms with van der Waals surface area (Å²) in [7, 11) is 0. The highest BCUT2D eigenvalue weighted by molar-refractivity contribution is 5.76. The van der Waals surface area contributed by atoms with E-state index in [4.69, 9.17) is 5.11 Å². The van der Waals surface area contributed by atoms with E-state index in [0.29, 0.717) is 12.8 Å². The molecule has 0 aromatic carbocycles. The Bertz CT molecular complexity index is 169. The quantitative estimate of drug-likeness (QED) is 0.584. The van der Waals surface area contributed by atoms with Crippen LogP contribution in [-0.4, -0.2) is 23.7 Å². The van der Waals surface area contributed by atoms with Crippen LogP contribution < -0.4 is 5.32 Å². The zero-order chi connectivity index (χ0) is 10.8. The van der Waals surface area contributed by atoms with Gasteiger partial charge in [0.25, 0.3) is 0 Å². The maximum atomic E-state index is 11.3. The second-order valence-electron chi connectivity index (χ2n) is 3.42. The molecule has 0 spiro atoms. The average Bonchev–Trinajstić information content (AvgIpc) is 2.21. The maximum Gasteiger partial charge on any atom is 0.220 e. The van der Waals surface area contributed by atoms with Crippen LogP contribution in [0, 0.1) is 0 Å². The van der Waals surface area contributed by atoms with Gasteiger partial charge in [-0.3, -0.25) is 4.79 Å². The number of hydrogen-bond donors (Lipinski definition) is 2. The van der Waals surface area contributed by atoms with Crippen molar-refractivity contribution in [2.45, 2.75) is 45.1 Å². The number of nitrogens with one attached hydrogen (secondary N) is 1. The first kappa shape index (κ1) is 13.2. The Hall–Kier alpha value is -0.830. The van der Waals surface area contributed by atoms with Crippen molar-refractivity contribution in [3.63, 3.8) is 0 Å². The fraction of sp³-hybridized carbons (Fsp3) is 0.727. The summed E-state index contributed by atoms with van der Waals surface area (Å²) in [6.45, 7) is 5.67. The molecular formula is C11H21NO2. The van der Waals surface area contributed by atoms with Crippen molar-refractivity contribution in [3.8, 4) is 0 Å². The number of allylic oxidation sites excluding steroid dienone is 1. The van der Waals surface area contributed by atoms with Crippen LogP contribution in [0.25, 0.3) is 0 Å². The van der Waals surface area contributed by atoms with E-state index in [9.17, 15) is 4.79 Å². The molecular weight excluding hydrogens is 178 g/mol. The predicted molar refractivity (Wildman–Crippen MR) is 58.0 cm³/mol. The van der Waals surface area contributed by atoms with E-state index >= 15 is 0 Å². The second kappa shape index (κ2) is 8.75. The first-order chi connectivity index (χ1) is 6.74. The highest BCUT2D eigenvalue weighted by atomic mass is 16.3. The van der Waals surface area contributed by atoms with Crippen LogP contribution >= 0.6 is 0 Å². The smallest absolute Gasteiger partial charge is 0.220 e. The molecule has 82 valence electrons. The highest BCUT2D eigenvalue weighted by Gasteiger charge is 2.09. The average molecular weight is 199 g/mol. The van der Waals surface area contributed by atoms with Crippen molar-refractivity contribution in [1.29, 1.82) is 0 Å². The lowest BCUT2D eigenvalue weighted by atomic mass is 10.1. The zero-order valence-electron chi connectivity index (χ0n) is 8.96. The Morgan fingerprint density at radius 1 is 1.64 bits per heavy atom. The van der Waals surface area contributed by atoms with Gasteiger partial charge in [-0.25, -0.2) is 0 Å². The molecule has 0 bridgehead atoms. The second-order valence-corrected chi connectivity index (χ2v) is 3.42. The van der Waals surface area contributed by atoms with Gasteiger partial charge in [-0.1, -0.05) is 25.8 Å².